The maximum Gasteiger partial charge on any atom is 0.410 e. The summed E-state index contributed by atoms with van der Waals surface area (Å²) in [6, 6.07) is 14.3. The molecular formula is C30H39N3O4. The van der Waals surface area contributed by atoms with E-state index in [1.54, 1.807) is 12.3 Å². The number of carbonyl (C=O) groups is 2. The standard InChI is InChI=1S/C30H39N3O4/c1-21(17-22-9-7-6-8-10-22)26-18-27(26)33(29(35)37-30(2,3)4)25-13-15-32(16-14-25)20-24-12-11-23(19-31-24)28(34)36-5/h6-12,17,19,25-27H,13-16,18,20H2,1-5H3/b21-17+. The largest absolute Gasteiger partial charge is 0.465 e. The molecule has 1 amide bonds. The van der Waals surface area contributed by atoms with Crippen LogP contribution in [0, 0.1) is 5.92 Å². The van der Waals surface area contributed by atoms with Gasteiger partial charge in [0, 0.05) is 43.8 Å². The molecule has 2 fully saturated rings. The Bertz CT molecular complexity index is 1100. The summed E-state index contributed by atoms with van der Waals surface area (Å²) in [5, 5.41) is 0. The Morgan fingerprint density at radius 1 is 1.11 bits per heavy atom. The van der Waals surface area contributed by atoms with Gasteiger partial charge < -0.3 is 14.4 Å². The van der Waals surface area contributed by atoms with Crippen molar-refractivity contribution in [3.8, 4) is 0 Å². The summed E-state index contributed by atoms with van der Waals surface area (Å²) in [6.45, 7) is 10.4. The quantitative estimate of drug-likeness (QED) is 0.459. The molecule has 0 spiro atoms. The Kier molecular flexibility index (Phi) is 8.32. The van der Waals surface area contributed by atoms with Crippen molar-refractivity contribution < 1.29 is 19.1 Å². The minimum absolute atomic E-state index is 0.153. The molecule has 1 aromatic heterocycles. The van der Waals surface area contributed by atoms with Crippen LogP contribution in [0.3, 0.4) is 0 Å². The first-order valence-corrected chi connectivity index (χ1v) is 13.1. The van der Waals surface area contributed by atoms with E-state index in [9.17, 15) is 9.59 Å². The van der Waals surface area contributed by atoms with Gasteiger partial charge in [0.1, 0.15) is 5.60 Å². The van der Waals surface area contributed by atoms with Crippen LogP contribution < -0.4 is 0 Å². The van der Waals surface area contributed by atoms with Gasteiger partial charge in [0.05, 0.1) is 18.4 Å². The van der Waals surface area contributed by atoms with Crippen LogP contribution in [0.1, 0.15) is 68.6 Å². The van der Waals surface area contributed by atoms with Crippen molar-refractivity contribution in [2.75, 3.05) is 20.2 Å². The molecule has 37 heavy (non-hydrogen) atoms. The fourth-order valence-corrected chi connectivity index (χ4v) is 5.11. The molecule has 7 nitrogen and oxygen atoms in total. The van der Waals surface area contributed by atoms with Crippen molar-refractivity contribution in [2.45, 2.75) is 71.2 Å². The summed E-state index contributed by atoms with van der Waals surface area (Å²) in [4.78, 5) is 33.9. The Hall–Kier alpha value is -3.19. The minimum Gasteiger partial charge on any atom is -0.465 e. The topological polar surface area (TPSA) is 72.0 Å². The van der Waals surface area contributed by atoms with Crippen molar-refractivity contribution in [3.05, 3.63) is 71.1 Å². The lowest BCUT2D eigenvalue weighted by Gasteiger charge is -2.39. The minimum atomic E-state index is -0.530. The second-order valence-corrected chi connectivity index (χ2v) is 11.1. The summed E-state index contributed by atoms with van der Waals surface area (Å²) in [6.07, 6.45) is 6.36. The number of hydrogen-bond donors (Lipinski definition) is 0. The number of hydrogen-bond acceptors (Lipinski definition) is 6. The lowest BCUT2D eigenvalue weighted by Crippen LogP contribution is -2.50. The SMILES string of the molecule is COC(=O)c1ccc(CN2CCC(N(C(=O)OC(C)(C)C)C3CC3/C(C)=C/c3ccccc3)CC2)nc1. The van der Waals surface area contributed by atoms with Crippen LogP contribution in [0.4, 0.5) is 4.79 Å². The zero-order valence-corrected chi connectivity index (χ0v) is 22.6. The van der Waals surface area contributed by atoms with E-state index >= 15 is 0 Å². The molecule has 0 N–H and O–H groups in total. The van der Waals surface area contributed by atoms with Gasteiger partial charge in [0.2, 0.25) is 0 Å². The van der Waals surface area contributed by atoms with Crippen LogP contribution >= 0.6 is 0 Å². The fourth-order valence-electron chi connectivity index (χ4n) is 5.11. The summed E-state index contributed by atoms with van der Waals surface area (Å²) in [5.41, 5.74) is 3.34. The number of carbonyl (C=O) groups excluding carboxylic acids is 2. The highest BCUT2D eigenvalue weighted by atomic mass is 16.6. The first kappa shape index (κ1) is 26.9. The summed E-state index contributed by atoms with van der Waals surface area (Å²) >= 11 is 0. The predicted molar refractivity (Wildman–Crippen MR) is 144 cm³/mol. The molecule has 2 aliphatic rings. The highest BCUT2D eigenvalue weighted by Crippen LogP contribution is 2.44. The van der Waals surface area contributed by atoms with Crippen LogP contribution in [0.25, 0.3) is 6.08 Å². The number of esters is 1. The average Bonchev–Trinajstić information content (AvgIpc) is 3.65. The molecule has 198 valence electrons. The second kappa shape index (κ2) is 11.5. The van der Waals surface area contributed by atoms with Gasteiger partial charge in [0.15, 0.2) is 0 Å². The average molecular weight is 506 g/mol. The van der Waals surface area contributed by atoms with Crippen LogP contribution in [0.15, 0.2) is 54.2 Å². The smallest absolute Gasteiger partial charge is 0.410 e. The molecule has 1 saturated heterocycles. The number of nitrogens with zero attached hydrogens (tertiary/aromatic N) is 3. The number of rotatable bonds is 7. The maximum absolute atomic E-state index is 13.4. The van der Waals surface area contributed by atoms with E-state index < -0.39 is 5.60 Å². The Balaban J connectivity index is 1.40. The van der Waals surface area contributed by atoms with Crippen LogP contribution in [0.5, 0.6) is 0 Å². The first-order valence-electron chi connectivity index (χ1n) is 13.1. The Labute approximate surface area is 220 Å². The van der Waals surface area contributed by atoms with Gasteiger partial charge >= 0.3 is 12.1 Å². The molecule has 4 rings (SSSR count). The highest BCUT2D eigenvalue weighted by Gasteiger charge is 2.48. The number of piperidine rings is 1. The lowest BCUT2D eigenvalue weighted by molar-refractivity contribution is 0.00437. The summed E-state index contributed by atoms with van der Waals surface area (Å²) in [5.74, 6) is -0.0161. The van der Waals surface area contributed by atoms with Gasteiger partial charge in [0.25, 0.3) is 0 Å². The van der Waals surface area contributed by atoms with Crippen molar-refractivity contribution in [1.82, 2.24) is 14.8 Å². The van der Waals surface area contributed by atoms with E-state index in [4.69, 9.17) is 9.47 Å². The molecule has 1 aliphatic heterocycles. The Morgan fingerprint density at radius 2 is 1.81 bits per heavy atom. The van der Waals surface area contributed by atoms with Gasteiger partial charge in [-0.05, 0) is 64.7 Å². The maximum atomic E-state index is 13.4. The Morgan fingerprint density at radius 3 is 2.41 bits per heavy atom. The number of amides is 1. The number of likely N-dealkylation sites (tertiary alicyclic amines) is 1. The molecule has 2 atom stereocenters. The van der Waals surface area contributed by atoms with E-state index in [2.05, 4.69) is 35.0 Å². The zero-order chi connectivity index (χ0) is 26.6. The van der Waals surface area contributed by atoms with Gasteiger partial charge in [-0.15, -0.1) is 0 Å². The number of benzene rings is 1. The van der Waals surface area contributed by atoms with Crippen LogP contribution in [-0.4, -0.2) is 64.7 Å². The van der Waals surface area contributed by atoms with Crippen molar-refractivity contribution >= 4 is 18.1 Å². The molecule has 2 unspecified atom stereocenters. The van der Waals surface area contributed by atoms with Crippen molar-refractivity contribution in [2.24, 2.45) is 5.92 Å². The molecule has 1 saturated carbocycles. The lowest BCUT2D eigenvalue weighted by atomic mass is 10.0. The zero-order valence-electron chi connectivity index (χ0n) is 22.6. The predicted octanol–water partition coefficient (Wildman–Crippen LogP) is 5.56. The van der Waals surface area contributed by atoms with E-state index in [0.717, 1.165) is 38.0 Å². The third kappa shape index (κ3) is 7.19. The van der Waals surface area contributed by atoms with Crippen molar-refractivity contribution in [1.29, 1.82) is 0 Å². The molecule has 1 aliphatic carbocycles. The molecule has 2 heterocycles. The van der Waals surface area contributed by atoms with Gasteiger partial charge in [-0.25, -0.2) is 9.59 Å². The van der Waals surface area contributed by atoms with Gasteiger partial charge in [-0.1, -0.05) is 42.0 Å². The van der Waals surface area contributed by atoms with Crippen LogP contribution in [0.2, 0.25) is 0 Å². The molecule has 2 aromatic rings. The summed E-state index contributed by atoms with van der Waals surface area (Å²) < 4.78 is 10.6. The van der Waals surface area contributed by atoms with Crippen molar-refractivity contribution in [3.63, 3.8) is 0 Å². The van der Waals surface area contributed by atoms with Crippen LogP contribution in [-0.2, 0) is 16.0 Å². The normalized spacial score (nSPS) is 20.8. The van der Waals surface area contributed by atoms with E-state index in [0.29, 0.717) is 18.0 Å². The number of pyridine rings is 1. The fraction of sp³-hybridized carbons (Fsp3) is 0.500. The number of aromatic nitrogens is 1. The summed E-state index contributed by atoms with van der Waals surface area (Å²) in [7, 11) is 1.37. The molecular weight excluding hydrogens is 466 g/mol. The molecule has 1 aromatic carbocycles. The van der Waals surface area contributed by atoms with E-state index in [-0.39, 0.29) is 24.1 Å². The third-order valence-electron chi connectivity index (χ3n) is 7.08. The first-order chi connectivity index (χ1) is 17.6. The number of methoxy groups -OCH3 is 1. The van der Waals surface area contributed by atoms with Gasteiger partial charge in [-0.2, -0.15) is 0 Å². The third-order valence-corrected chi connectivity index (χ3v) is 7.08. The van der Waals surface area contributed by atoms with E-state index in [1.807, 2.05) is 49.9 Å². The highest BCUT2D eigenvalue weighted by molar-refractivity contribution is 5.88. The second-order valence-electron chi connectivity index (χ2n) is 11.1. The molecule has 7 heteroatoms. The number of ether oxygens (including phenoxy) is 2. The van der Waals surface area contributed by atoms with E-state index in [1.165, 1.54) is 18.2 Å². The van der Waals surface area contributed by atoms with Gasteiger partial charge in [-0.3, -0.25) is 9.88 Å². The molecule has 0 radical (unpaired) electrons. The monoisotopic (exact) mass is 505 g/mol. The molecule has 0 bridgehead atoms.